The molecule has 2 aromatic carbocycles. The molecule has 0 spiro atoms. The molecule has 132 valence electrons. The molecule has 0 saturated heterocycles. The first-order valence-electron chi connectivity index (χ1n) is 8.04. The number of hydrogen-bond donors (Lipinski definition) is 2. The summed E-state index contributed by atoms with van der Waals surface area (Å²) in [6.45, 7) is 0. The number of carboxylic acids is 2. The van der Waals surface area contributed by atoms with Gasteiger partial charge in [0.25, 0.3) is 0 Å². The monoisotopic (exact) mass is 372 g/mol. The zero-order valence-corrected chi connectivity index (χ0v) is 15.9. The van der Waals surface area contributed by atoms with Gasteiger partial charge in [0, 0.05) is 47.2 Å². The number of aliphatic carboxylic acids is 2. The topological polar surface area (TPSA) is 112 Å². The molecule has 0 fully saturated rings. The van der Waals surface area contributed by atoms with Crippen LogP contribution in [0, 0.1) is 0 Å². The van der Waals surface area contributed by atoms with Crippen molar-refractivity contribution in [3.63, 3.8) is 0 Å². The fraction of sp³-hybridized carbons (Fsp3) is 0.100. The van der Waals surface area contributed by atoms with Gasteiger partial charge in [0.2, 0.25) is 0 Å². The quantitative estimate of drug-likeness (QED) is 0.509. The number of nitrogens with one attached hydrogen (secondary N) is 2. The number of rotatable bonds is 4. The number of carbonyl (C=O) groups is 2. The van der Waals surface area contributed by atoms with Crippen LogP contribution < -0.4 is 10.2 Å². The number of aromatic amines is 2. The first-order chi connectivity index (χ1) is 12.5. The van der Waals surface area contributed by atoms with Gasteiger partial charge < -0.3 is 29.8 Å². The van der Waals surface area contributed by atoms with E-state index in [-0.39, 0.29) is 35.9 Å². The summed E-state index contributed by atoms with van der Waals surface area (Å²) in [6.07, 6.45) is -0.122. The van der Waals surface area contributed by atoms with Crippen LogP contribution in [-0.2, 0) is 22.4 Å². The smallest absolute Gasteiger partial charge is 0.550 e. The van der Waals surface area contributed by atoms with Crippen LogP contribution >= 0.6 is 0 Å². The molecular formula is C20H16MgN2O4. The summed E-state index contributed by atoms with van der Waals surface area (Å²) in [6, 6.07) is 19.0. The number of carbonyl (C=O) groups excluding carboxylic acids is 2. The number of benzene rings is 2. The largest absolute Gasteiger partial charge is 2.00 e. The second kappa shape index (κ2) is 9.25. The van der Waals surface area contributed by atoms with Gasteiger partial charge in [0.15, 0.2) is 0 Å². The van der Waals surface area contributed by atoms with E-state index < -0.39 is 11.9 Å². The molecule has 0 bridgehead atoms. The molecule has 27 heavy (non-hydrogen) atoms. The van der Waals surface area contributed by atoms with Crippen molar-refractivity contribution in [2.75, 3.05) is 0 Å². The third-order valence-corrected chi connectivity index (χ3v) is 3.84. The molecule has 4 aromatic rings. The van der Waals surface area contributed by atoms with E-state index in [0.29, 0.717) is 11.4 Å². The molecule has 0 amide bonds. The number of fused-ring (bicyclic) bond motifs is 2. The molecule has 2 aromatic heterocycles. The van der Waals surface area contributed by atoms with E-state index in [2.05, 4.69) is 9.97 Å². The van der Waals surface area contributed by atoms with E-state index in [1.807, 2.05) is 60.7 Å². The molecule has 0 aliphatic heterocycles. The fourth-order valence-electron chi connectivity index (χ4n) is 2.77. The Morgan fingerprint density at radius 2 is 1.07 bits per heavy atom. The zero-order valence-electron chi connectivity index (χ0n) is 14.5. The average Bonchev–Trinajstić information content (AvgIpc) is 3.16. The third kappa shape index (κ3) is 5.60. The van der Waals surface area contributed by atoms with Crippen LogP contribution in [0.2, 0.25) is 0 Å². The van der Waals surface area contributed by atoms with Crippen molar-refractivity contribution in [2.45, 2.75) is 12.8 Å². The van der Waals surface area contributed by atoms with Gasteiger partial charge in [-0.05, 0) is 35.0 Å². The Balaban J connectivity index is 0.000000187. The van der Waals surface area contributed by atoms with Gasteiger partial charge in [0.1, 0.15) is 0 Å². The zero-order chi connectivity index (χ0) is 18.5. The van der Waals surface area contributed by atoms with Crippen molar-refractivity contribution in [3.05, 3.63) is 72.1 Å². The third-order valence-electron chi connectivity index (χ3n) is 3.84. The summed E-state index contributed by atoms with van der Waals surface area (Å²) < 4.78 is 0. The molecule has 0 atom stereocenters. The van der Waals surface area contributed by atoms with Crippen LogP contribution in [0.15, 0.2) is 60.7 Å². The first-order valence-corrected chi connectivity index (χ1v) is 8.04. The second-order valence-electron chi connectivity index (χ2n) is 5.86. The summed E-state index contributed by atoms with van der Waals surface area (Å²) in [5.74, 6) is -2.13. The predicted octanol–water partition coefficient (Wildman–Crippen LogP) is 0.540. The van der Waals surface area contributed by atoms with Crippen molar-refractivity contribution in [2.24, 2.45) is 0 Å². The molecule has 2 heterocycles. The van der Waals surface area contributed by atoms with Crippen LogP contribution in [0.1, 0.15) is 11.4 Å². The van der Waals surface area contributed by atoms with Gasteiger partial charge >= 0.3 is 23.1 Å². The SMILES string of the molecule is O=C([O-])Cc1cc2ccccc2[nH]1.O=C([O-])Cc1cc2ccccc2[nH]1.[Mg+2]. The summed E-state index contributed by atoms with van der Waals surface area (Å²) in [4.78, 5) is 26.6. The molecule has 0 saturated carbocycles. The molecule has 0 radical (unpaired) electrons. The number of hydrogen-bond acceptors (Lipinski definition) is 4. The Hall–Kier alpha value is -2.77. The van der Waals surface area contributed by atoms with E-state index in [1.165, 1.54) is 0 Å². The molecule has 0 unspecified atom stereocenters. The van der Waals surface area contributed by atoms with Gasteiger partial charge in [0.05, 0.1) is 0 Å². The van der Waals surface area contributed by atoms with E-state index in [0.717, 1.165) is 21.8 Å². The molecule has 0 aliphatic rings. The molecule has 2 N–H and O–H groups in total. The van der Waals surface area contributed by atoms with Gasteiger partial charge in [-0.1, -0.05) is 36.4 Å². The molecule has 4 rings (SSSR count). The normalized spacial score (nSPS) is 10.1. The first kappa shape index (κ1) is 20.5. The Morgan fingerprint density at radius 3 is 1.41 bits per heavy atom. The van der Waals surface area contributed by atoms with E-state index in [1.54, 1.807) is 0 Å². The number of H-pyrrole nitrogens is 2. The molecule has 6 nitrogen and oxygen atoms in total. The van der Waals surface area contributed by atoms with Crippen LogP contribution in [0.5, 0.6) is 0 Å². The maximum absolute atomic E-state index is 10.3. The van der Waals surface area contributed by atoms with E-state index in [4.69, 9.17) is 0 Å². The summed E-state index contributed by atoms with van der Waals surface area (Å²) in [5, 5.41) is 22.7. The Bertz CT molecular complexity index is 916. The summed E-state index contributed by atoms with van der Waals surface area (Å²) in [5.41, 5.74) is 3.28. The minimum Gasteiger partial charge on any atom is -0.550 e. The minimum absolute atomic E-state index is 0. The molecule has 0 aliphatic carbocycles. The van der Waals surface area contributed by atoms with Crippen LogP contribution in [0.25, 0.3) is 21.8 Å². The predicted molar refractivity (Wildman–Crippen MR) is 99.8 cm³/mol. The van der Waals surface area contributed by atoms with Crippen molar-refractivity contribution in [1.82, 2.24) is 9.97 Å². The van der Waals surface area contributed by atoms with E-state index in [9.17, 15) is 19.8 Å². The van der Waals surface area contributed by atoms with Crippen LogP contribution in [0.3, 0.4) is 0 Å². The Kier molecular flexibility index (Phi) is 7.03. The van der Waals surface area contributed by atoms with Crippen molar-refractivity contribution < 1.29 is 19.8 Å². The second-order valence-corrected chi connectivity index (χ2v) is 5.86. The summed E-state index contributed by atoms with van der Waals surface area (Å²) in [7, 11) is 0. The maximum atomic E-state index is 10.3. The van der Waals surface area contributed by atoms with Crippen molar-refractivity contribution in [1.29, 1.82) is 0 Å². The summed E-state index contributed by atoms with van der Waals surface area (Å²) >= 11 is 0. The Labute approximate surface area is 171 Å². The van der Waals surface area contributed by atoms with Gasteiger partial charge in [-0.2, -0.15) is 0 Å². The number of para-hydroxylation sites is 2. The fourth-order valence-corrected chi connectivity index (χ4v) is 2.77. The number of carboxylic acid groups (broad SMARTS) is 2. The number of aromatic nitrogens is 2. The molecule has 7 heteroatoms. The van der Waals surface area contributed by atoms with Gasteiger partial charge in [-0.3, -0.25) is 0 Å². The molecular weight excluding hydrogens is 357 g/mol. The van der Waals surface area contributed by atoms with Crippen molar-refractivity contribution >= 4 is 56.8 Å². The van der Waals surface area contributed by atoms with Gasteiger partial charge in [-0.25, -0.2) is 0 Å². The van der Waals surface area contributed by atoms with E-state index >= 15 is 0 Å². The average molecular weight is 373 g/mol. The minimum atomic E-state index is -1.06. The maximum Gasteiger partial charge on any atom is 2.00 e. The Morgan fingerprint density at radius 1 is 0.704 bits per heavy atom. The van der Waals surface area contributed by atoms with Crippen molar-refractivity contribution in [3.8, 4) is 0 Å². The standard InChI is InChI=1S/2C10H9NO2.Mg/c2*12-10(13)6-8-5-7-3-1-2-4-9(7)11-8;/h2*1-5,11H,6H2,(H,12,13);/q;;+2/p-2. The van der Waals surface area contributed by atoms with Crippen LogP contribution in [-0.4, -0.2) is 45.0 Å². The van der Waals surface area contributed by atoms with Gasteiger partial charge in [-0.15, -0.1) is 0 Å². The van der Waals surface area contributed by atoms with Crippen LogP contribution in [0.4, 0.5) is 0 Å².